The van der Waals surface area contributed by atoms with Gasteiger partial charge in [-0.15, -0.1) is 0 Å². The number of anilines is 2. The minimum Gasteiger partial charge on any atom is -0.481 e. The molecule has 0 heterocycles. The van der Waals surface area contributed by atoms with Gasteiger partial charge < -0.3 is 20.8 Å². The molecule has 4 atom stereocenters. The normalized spacial score (nSPS) is 23.9. The van der Waals surface area contributed by atoms with E-state index in [1.165, 1.54) is 12.1 Å². The molecule has 2 aromatic carbocycles. The zero-order valence-corrected chi connectivity index (χ0v) is 16.1. The van der Waals surface area contributed by atoms with Crippen LogP contribution in [0.1, 0.15) is 22.3 Å². The number of rotatable bonds is 7. The molecule has 0 saturated heterocycles. The monoisotopic (exact) mass is 406 g/mol. The van der Waals surface area contributed by atoms with Crippen molar-refractivity contribution in [3.8, 4) is 0 Å². The first-order chi connectivity index (χ1) is 14.4. The van der Waals surface area contributed by atoms with E-state index in [0.717, 1.165) is 5.56 Å². The third-order valence-electron chi connectivity index (χ3n) is 5.90. The number of amides is 1. The minimum absolute atomic E-state index is 0.0400. The lowest BCUT2D eigenvalue weighted by atomic mass is 9.82. The second-order valence-corrected chi connectivity index (χ2v) is 7.73. The van der Waals surface area contributed by atoms with Crippen LogP contribution in [0.3, 0.4) is 0 Å². The summed E-state index contributed by atoms with van der Waals surface area (Å²) in [6, 6.07) is 14.1. The summed E-state index contributed by atoms with van der Waals surface area (Å²) in [7, 11) is 0. The number of hydrogen-bond acceptors (Lipinski definition) is 4. The maximum Gasteiger partial charge on any atom is 0.335 e. The summed E-state index contributed by atoms with van der Waals surface area (Å²) in [5, 5.41) is 24.9. The maximum atomic E-state index is 13.0. The fourth-order valence-electron chi connectivity index (χ4n) is 4.46. The van der Waals surface area contributed by atoms with Crippen LogP contribution in [0.5, 0.6) is 0 Å². The van der Waals surface area contributed by atoms with Crippen molar-refractivity contribution in [2.75, 3.05) is 10.6 Å². The van der Waals surface area contributed by atoms with Crippen molar-refractivity contribution in [1.29, 1.82) is 0 Å². The number of carboxylic acid groups (broad SMARTS) is 2. The molecule has 30 heavy (non-hydrogen) atoms. The quantitative estimate of drug-likeness (QED) is 0.524. The van der Waals surface area contributed by atoms with Crippen molar-refractivity contribution in [2.24, 2.45) is 23.7 Å². The Hall–Kier alpha value is -3.61. The molecule has 4 N–H and O–H groups in total. The van der Waals surface area contributed by atoms with Gasteiger partial charge in [-0.25, -0.2) is 4.79 Å². The van der Waals surface area contributed by atoms with E-state index >= 15 is 0 Å². The van der Waals surface area contributed by atoms with Gasteiger partial charge in [0.05, 0.1) is 28.8 Å². The second-order valence-electron chi connectivity index (χ2n) is 7.73. The third-order valence-corrected chi connectivity index (χ3v) is 5.90. The highest BCUT2D eigenvalue weighted by Crippen LogP contribution is 2.48. The van der Waals surface area contributed by atoms with Gasteiger partial charge in [0.1, 0.15) is 0 Å². The Labute approximate surface area is 173 Å². The molecule has 1 amide bonds. The van der Waals surface area contributed by atoms with Crippen LogP contribution in [-0.2, 0) is 16.1 Å². The Balaban J connectivity index is 1.57. The molecule has 1 fully saturated rings. The van der Waals surface area contributed by atoms with Crippen LogP contribution in [0.15, 0.2) is 60.7 Å². The minimum atomic E-state index is -1.11. The summed E-state index contributed by atoms with van der Waals surface area (Å²) in [6.07, 6.45) is 4.45. The lowest BCUT2D eigenvalue weighted by Crippen LogP contribution is -2.36. The first-order valence-corrected chi connectivity index (χ1v) is 9.81. The molecular formula is C23H22N2O5. The molecule has 154 valence electrons. The highest BCUT2D eigenvalue weighted by atomic mass is 16.4. The Morgan fingerprint density at radius 1 is 0.900 bits per heavy atom. The van der Waals surface area contributed by atoms with Gasteiger partial charge in [0.15, 0.2) is 0 Å². The number of carbonyl (C=O) groups is 3. The lowest BCUT2D eigenvalue weighted by molar-refractivity contribution is -0.146. The number of nitrogens with one attached hydrogen (secondary N) is 2. The van der Waals surface area contributed by atoms with E-state index in [0.29, 0.717) is 24.3 Å². The number of carbonyl (C=O) groups excluding carboxylic acids is 1. The number of aliphatic carboxylic acids is 1. The van der Waals surface area contributed by atoms with Crippen molar-refractivity contribution in [2.45, 2.75) is 13.0 Å². The van der Waals surface area contributed by atoms with Crippen molar-refractivity contribution >= 4 is 29.2 Å². The van der Waals surface area contributed by atoms with Crippen molar-refractivity contribution in [3.63, 3.8) is 0 Å². The molecule has 4 rings (SSSR count). The van der Waals surface area contributed by atoms with Crippen LogP contribution in [-0.4, -0.2) is 28.1 Å². The Morgan fingerprint density at radius 2 is 1.60 bits per heavy atom. The fourth-order valence-corrected chi connectivity index (χ4v) is 4.46. The van der Waals surface area contributed by atoms with Crippen LogP contribution in [0.25, 0.3) is 0 Å². The summed E-state index contributed by atoms with van der Waals surface area (Å²) in [6.45, 7) is 0.491. The fraction of sp³-hybridized carbons (Fsp3) is 0.261. The van der Waals surface area contributed by atoms with Gasteiger partial charge in [0.2, 0.25) is 5.91 Å². The number of aromatic carboxylic acids is 1. The van der Waals surface area contributed by atoms with Crippen LogP contribution < -0.4 is 10.6 Å². The second kappa shape index (κ2) is 8.02. The molecule has 0 aliphatic heterocycles. The van der Waals surface area contributed by atoms with E-state index in [1.54, 1.807) is 6.07 Å². The average molecular weight is 406 g/mol. The molecule has 0 aromatic heterocycles. The highest BCUT2D eigenvalue weighted by Gasteiger charge is 2.51. The van der Waals surface area contributed by atoms with Gasteiger partial charge in [0.25, 0.3) is 0 Å². The van der Waals surface area contributed by atoms with E-state index in [-0.39, 0.29) is 17.4 Å². The van der Waals surface area contributed by atoms with Gasteiger partial charge in [-0.3, -0.25) is 9.59 Å². The summed E-state index contributed by atoms with van der Waals surface area (Å²) in [5.41, 5.74) is 1.97. The summed E-state index contributed by atoms with van der Waals surface area (Å²) in [4.78, 5) is 36.2. The van der Waals surface area contributed by atoms with E-state index in [9.17, 15) is 24.6 Å². The van der Waals surface area contributed by atoms with Crippen molar-refractivity contribution < 1.29 is 24.6 Å². The van der Waals surface area contributed by atoms with Crippen molar-refractivity contribution in [3.05, 3.63) is 71.8 Å². The molecule has 1 saturated carbocycles. The molecule has 2 aliphatic carbocycles. The van der Waals surface area contributed by atoms with Gasteiger partial charge in [-0.05, 0) is 42.0 Å². The number of fused-ring (bicyclic) bond motifs is 2. The Kier molecular flexibility index (Phi) is 5.27. The van der Waals surface area contributed by atoms with E-state index in [2.05, 4.69) is 10.6 Å². The predicted octanol–water partition coefficient (Wildman–Crippen LogP) is 3.46. The van der Waals surface area contributed by atoms with Gasteiger partial charge in [-0.2, -0.15) is 0 Å². The molecule has 7 nitrogen and oxygen atoms in total. The summed E-state index contributed by atoms with van der Waals surface area (Å²) < 4.78 is 0. The van der Waals surface area contributed by atoms with E-state index in [1.807, 2.05) is 42.5 Å². The molecule has 2 aromatic rings. The number of hydrogen-bond donors (Lipinski definition) is 4. The van der Waals surface area contributed by atoms with Crippen LogP contribution in [0.4, 0.5) is 11.4 Å². The lowest BCUT2D eigenvalue weighted by Gasteiger charge is -2.24. The van der Waals surface area contributed by atoms with Crippen molar-refractivity contribution in [1.82, 2.24) is 0 Å². The zero-order chi connectivity index (χ0) is 21.3. The summed E-state index contributed by atoms with van der Waals surface area (Å²) >= 11 is 0. The molecule has 0 radical (unpaired) electrons. The third kappa shape index (κ3) is 3.78. The molecule has 7 heteroatoms. The van der Waals surface area contributed by atoms with Crippen LogP contribution >= 0.6 is 0 Å². The predicted molar refractivity (Wildman–Crippen MR) is 111 cm³/mol. The maximum absolute atomic E-state index is 13.0. The van der Waals surface area contributed by atoms with Gasteiger partial charge >= 0.3 is 11.9 Å². The first kappa shape index (κ1) is 19.7. The van der Waals surface area contributed by atoms with E-state index < -0.39 is 29.7 Å². The molecular weight excluding hydrogens is 384 g/mol. The van der Waals surface area contributed by atoms with E-state index in [4.69, 9.17) is 0 Å². The van der Waals surface area contributed by atoms with Crippen LogP contribution in [0, 0.1) is 23.7 Å². The molecule has 2 bridgehead atoms. The van der Waals surface area contributed by atoms with Gasteiger partial charge in [-0.1, -0.05) is 42.5 Å². The Bertz CT molecular complexity index is 1020. The number of benzene rings is 2. The summed E-state index contributed by atoms with van der Waals surface area (Å²) in [5.74, 6) is -4.16. The highest BCUT2D eigenvalue weighted by molar-refractivity contribution is 6.00. The largest absolute Gasteiger partial charge is 0.481 e. The smallest absolute Gasteiger partial charge is 0.335 e. The number of carboxylic acids is 2. The van der Waals surface area contributed by atoms with Gasteiger partial charge in [0, 0.05) is 6.54 Å². The topological polar surface area (TPSA) is 116 Å². The molecule has 2 aliphatic rings. The standard InChI is InChI=1S/C23H22N2O5/c26-21(19-14-6-7-15(10-14)20(19)23(29)30)25-18-11-16(22(27)28)8-9-17(18)24-12-13-4-2-1-3-5-13/h1-9,11,14-15,19-20,24H,10,12H2,(H,25,26)(H,27,28)(H,29,30). The SMILES string of the molecule is O=C(O)c1ccc(NCc2ccccc2)c(NC(=O)C2C3C=CC(C3)C2C(=O)O)c1. The zero-order valence-electron chi connectivity index (χ0n) is 16.1. The Morgan fingerprint density at radius 3 is 2.27 bits per heavy atom. The molecule has 0 spiro atoms. The first-order valence-electron chi connectivity index (χ1n) is 9.81. The van der Waals surface area contributed by atoms with Crippen LogP contribution in [0.2, 0.25) is 0 Å². The molecule has 4 unspecified atom stereocenters. The average Bonchev–Trinajstić information content (AvgIpc) is 3.35. The number of allylic oxidation sites excluding steroid dienone is 2.